The van der Waals surface area contributed by atoms with Crippen molar-refractivity contribution in [1.29, 1.82) is 0 Å². The van der Waals surface area contributed by atoms with E-state index in [1.54, 1.807) is 12.1 Å². The Morgan fingerprint density at radius 1 is 1.20 bits per heavy atom. The molecule has 10 heteroatoms. The normalized spacial score (nSPS) is 15.4. The highest BCUT2D eigenvalue weighted by molar-refractivity contribution is 7.98. The minimum Gasteiger partial charge on any atom is -0.378 e. The number of sulfonamides is 1. The van der Waals surface area contributed by atoms with Crippen molar-refractivity contribution in [2.24, 2.45) is 5.14 Å². The summed E-state index contributed by atoms with van der Waals surface area (Å²) in [4.78, 5) is 12.0. The van der Waals surface area contributed by atoms with Crippen molar-refractivity contribution in [2.75, 3.05) is 37.5 Å². The highest BCUT2D eigenvalue weighted by Gasteiger charge is 2.21. The molecule has 134 valence electrons. The lowest BCUT2D eigenvalue weighted by Gasteiger charge is -2.29. The van der Waals surface area contributed by atoms with Crippen LogP contribution in [0.25, 0.3) is 11.4 Å². The van der Waals surface area contributed by atoms with Gasteiger partial charge in [-0.15, -0.1) is 11.8 Å². The molecule has 25 heavy (non-hydrogen) atoms. The fourth-order valence-electron chi connectivity index (χ4n) is 2.50. The molecule has 1 aromatic heterocycles. The molecule has 0 bridgehead atoms. The second-order valence-corrected chi connectivity index (χ2v) is 8.10. The smallest absolute Gasteiger partial charge is 0.238 e. The van der Waals surface area contributed by atoms with Crippen LogP contribution in [0.1, 0.15) is 0 Å². The summed E-state index contributed by atoms with van der Waals surface area (Å²) in [6.07, 6.45) is 1.93. The number of nitrogens with zero attached hydrogens (tertiary/aromatic N) is 3. The van der Waals surface area contributed by atoms with E-state index in [4.69, 9.17) is 21.5 Å². The SMILES string of the molecule is CSc1c(Cl)nc(-c2ccc(S(N)(=O)=O)cc2)nc1N1CCOCC1. The number of thioether (sulfide) groups is 1. The fourth-order valence-corrected chi connectivity index (χ4v) is 3.98. The van der Waals surface area contributed by atoms with E-state index in [1.807, 2.05) is 6.26 Å². The van der Waals surface area contributed by atoms with Crippen LogP contribution in [0.3, 0.4) is 0 Å². The van der Waals surface area contributed by atoms with E-state index in [-0.39, 0.29) is 4.90 Å². The molecule has 1 aliphatic rings. The van der Waals surface area contributed by atoms with Crippen LogP contribution in [0.4, 0.5) is 5.82 Å². The molecule has 2 N–H and O–H groups in total. The summed E-state index contributed by atoms with van der Waals surface area (Å²) in [5, 5.41) is 5.50. The van der Waals surface area contributed by atoms with Gasteiger partial charge in [0.1, 0.15) is 11.0 Å². The number of ether oxygens (including phenoxy) is 1. The molecule has 7 nitrogen and oxygen atoms in total. The van der Waals surface area contributed by atoms with Crippen molar-refractivity contribution in [1.82, 2.24) is 9.97 Å². The molecule has 1 aliphatic heterocycles. The Balaban J connectivity index is 2.03. The minimum atomic E-state index is -3.74. The number of nitrogens with two attached hydrogens (primary N) is 1. The average molecular weight is 401 g/mol. The first-order valence-electron chi connectivity index (χ1n) is 7.47. The van der Waals surface area contributed by atoms with Gasteiger partial charge in [0.25, 0.3) is 0 Å². The number of hydrogen-bond acceptors (Lipinski definition) is 7. The Bertz CT molecular complexity index is 869. The van der Waals surface area contributed by atoms with E-state index < -0.39 is 10.0 Å². The van der Waals surface area contributed by atoms with Crippen LogP contribution in [-0.4, -0.2) is 50.9 Å². The standard InChI is InChI=1S/C15H17ClN4O3S2/c1-24-12-13(16)18-14(19-15(12)20-6-8-23-9-7-20)10-2-4-11(5-3-10)25(17,21)22/h2-5H,6-9H2,1H3,(H2,17,21,22). The third-order valence-electron chi connectivity index (χ3n) is 3.76. The van der Waals surface area contributed by atoms with Gasteiger partial charge in [-0.05, 0) is 30.5 Å². The molecule has 2 heterocycles. The van der Waals surface area contributed by atoms with Gasteiger partial charge in [-0.1, -0.05) is 11.6 Å². The first-order chi connectivity index (χ1) is 11.9. The Morgan fingerprint density at radius 2 is 1.84 bits per heavy atom. The Kier molecular flexibility index (Phi) is 5.49. The van der Waals surface area contributed by atoms with Gasteiger partial charge >= 0.3 is 0 Å². The maximum absolute atomic E-state index is 11.4. The van der Waals surface area contributed by atoms with Crippen molar-refractivity contribution in [3.8, 4) is 11.4 Å². The number of benzene rings is 1. The lowest BCUT2D eigenvalue weighted by Crippen LogP contribution is -2.37. The second kappa shape index (κ2) is 7.46. The molecule has 0 saturated carbocycles. The molecule has 3 rings (SSSR count). The van der Waals surface area contributed by atoms with E-state index >= 15 is 0 Å². The van der Waals surface area contributed by atoms with Gasteiger partial charge in [-0.25, -0.2) is 23.5 Å². The zero-order chi connectivity index (χ0) is 18.0. The molecular formula is C15H17ClN4O3S2. The molecule has 2 aromatic rings. The largest absolute Gasteiger partial charge is 0.378 e. The van der Waals surface area contributed by atoms with Crippen molar-refractivity contribution in [3.63, 3.8) is 0 Å². The molecule has 0 amide bonds. The molecule has 0 atom stereocenters. The second-order valence-electron chi connectivity index (χ2n) is 5.36. The lowest BCUT2D eigenvalue weighted by atomic mass is 10.2. The number of aromatic nitrogens is 2. The summed E-state index contributed by atoms with van der Waals surface area (Å²) in [7, 11) is -3.74. The van der Waals surface area contributed by atoms with Crippen LogP contribution in [-0.2, 0) is 14.8 Å². The molecule has 0 aliphatic carbocycles. The number of rotatable bonds is 4. The molecular weight excluding hydrogens is 384 g/mol. The number of hydrogen-bond donors (Lipinski definition) is 1. The summed E-state index contributed by atoms with van der Waals surface area (Å²) in [6, 6.07) is 6.10. The van der Waals surface area contributed by atoms with Crippen LogP contribution >= 0.6 is 23.4 Å². The highest BCUT2D eigenvalue weighted by atomic mass is 35.5. The monoisotopic (exact) mass is 400 g/mol. The number of primary sulfonamides is 1. The molecule has 0 unspecified atom stereocenters. The zero-order valence-electron chi connectivity index (χ0n) is 13.5. The van der Waals surface area contributed by atoms with Gasteiger partial charge in [-0.2, -0.15) is 0 Å². The van der Waals surface area contributed by atoms with Crippen LogP contribution in [0.2, 0.25) is 5.15 Å². The molecule has 1 fully saturated rings. The van der Waals surface area contributed by atoms with Gasteiger partial charge in [0.15, 0.2) is 5.82 Å². The Hall–Kier alpha value is -1.39. The highest BCUT2D eigenvalue weighted by Crippen LogP contribution is 2.35. The van der Waals surface area contributed by atoms with Crippen LogP contribution in [0, 0.1) is 0 Å². The fraction of sp³-hybridized carbons (Fsp3) is 0.333. The summed E-state index contributed by atoms with van der Waals surface area (Å²) < 4.78 is 28.2. The predicted molar refractivity (Wildman–Crippen MR) is 98.7 cm³/mol. The van der Waals surface area contributed by atoms with Crippen LogP contribution in [0.15, 0.2) is 34.1 Å². The number of halogens is 1. The summed E-state index contributed by atoms with van der Waals surface area (Å²) in [6.45, 7) is 2.72. The molecule has 1 aromatic carbocycles. The van der Waals surface area contributed by atoms with Crippen molar-refractivity contribution in [3.05, 3.63) is 29.4 Å². The first kappa shape index (κ1) is 18.4. The summed E-state index contributed by atoms with van der Waals surface area (Å²) in [5.41, 5.74) is 0.663. The van der Waals surface area contributed by atoms with E-state index in [0.29, 0.717) is 29.8 Å². The summed E-state index contributed by atoms with van der Waals surface area (Å²) in [5.74, 6) is 1.20. The maximum Gasteiger partial charge on any atom is 0.238 e. The maximum atomic E-state index is 11.4. The van der Waals surface area contributed by atoms with Gasteiger partial charge < -0.3 is 9.64 Å². The Labute approximate surface area is 155 Å². The van der Waals surface area contributed by atoms with Crippen LogP contribution in [0.5, 0.6) is 0 Å². The van der Waals surface area contributed by atoms with Crippen molar-refractivity contribution in [2.45, 2.75) is 9.79 Å². The van der Waals surface area contributed by atoms with E-state index in [0.717, 1.165) is 23.8 Å². The van der Waals surface area contributed by atoms with E-state index in [1.165, 1.54) is 23.9 Å². The topological polar surface area (TPSA) is 98.4 Å². The van der Waals surface area contributed by atoms with Gasteiger partial charge in [0, 0.05) is 18.7 Å². The van der Waals surface area contributed by atoms with Gasteiger partial charge in [-0.3, -0.25) is 0 Å². The quantitative estimate of drug-likeness (QED) is 0.619. The van der Waals surface area contributed by atoms with Crippen LogP contribution < -0.4 is 10.0 Å². The third-order valence-corrected chi connectivity index (χ3v) is 5.86. The zero-order valence-corrected chi connectivity index (χ0v) is 15.9. The third kappa shape index (κ3) is 4.06. The Morgan fingerprint density at radius 3 is 2.40 bits per heavy atom. The van der Waals surface area contributed by atoms with Gasteiger partial charge in [0.05, 0.1) is 23.0 Å². The number of anilines is 1. The van der Waals surface area contributed by atoms with Crippen molar-refractivity contribution < 1.29 is 13.2 Å². The molecule has 1 saturated heterocycles. The van der Waals surface area contributed by atoms with E-state index in [2.05, 4.69) is 14.9 Å². The first-order valence-corrected chi connectivity index (χ1v) is 10.6. The number of morpholine rings is 1. The predicted octanol–water partition coefficient (Wildman–Crippen LogP) is 2.00. The van der Waals surface area contributed by atoms with E-state index in [9.17, 15) is 8.42 Å². The minimum absolute atomic E-state index is 0.0384. The average Bonchev–Trinajstić information content (AvgIpc) is 2.61. The molecule has 0 spiro atoms. The van der Waals surface area contributed by atoms with Gasteiger partial charge in [0.2, 0.25) is 10.0 Å². The van der Waals surface area contributed by atoms with Crippen molar-refractivity contribution >= 4 is 39.2 Å². The lowest BCUT2D eigenvalue weighted by molar-refractivity contribution is 0.122. The summed E-state index contributed by atoms with van der Waals surface area (Å²) >= 11 is 7.85. The molecule has 0 radical (unpaired) electrons.